The van der Waals surface area contributed by atoms with Crippen molar-refractivity contribution in [3.8, 4) is 6.07 Å². The summed E-state index contributed by atoms with van der Waals surface area (Å²) >= 11 is 1.45. The molecular formula is C14H16N2O3S. The average molecular weight is 292 g/mol. The van der Waals surface area contributed by atoms with Crippen molar-refractivity contribution in [2.24, 2.45) is 5.92 Å². The van der Waals surface area contributed by atoms with Gasteiger partial charge in [0.15, 0.2) is 0 Å². The van der Waals surface area contributed by atoms with Crippen LogP contribution in [-0.2, 0) is 15.3 Å². The fourth-order valence-corrected chi connectivity index (χ4v) is 2.16. The number of aliphatic carboxylic acids is 1. The van der Waals surface area contributed by atoms with Crippen LogP contribution in [0.5, 0.6) is 0 Å². The zero-order valence-corrected chi connectivity index (χ0v) is 11.9. The van der Waals surface area contributed by atoms with Crippen molar-refractivity contribution in [3.63, 3.8) is 0 Å². The molecule has 5 nitrogen and oxygen atoms in total. The molecule has 1 unspecified atom stereocenters. The number of nitriles is 1. The standard InChI is InChI=1S/C14H16N2O3S/c1-10(14(18)19)7-16-13(17)9-20-8-12-4-2-11(6-15)3-5-12/h2-5,10H,7-9H2,1H3,(H,16,17)(H,18,19). The molecule has 1 rings (SSSR count). The largest absolute Gasteiger partial charge is 0.481 e. The van der Waals surface area contributed by atoms with Gasteiger partial charge in [0.1, 0.15) is 0 Å². The number of carbonyl (C=O) groups is 2. The van der Waals surface area contributed by atoms with Gasteiger partial charge >= 0.3 is 5.97 Å². The molecule has 1 aromatic carbocycles. The second-order valence-electron chi connectivity index (χ2n) is 4.34. The molecule has 0 spiro atoms. The SMILES string of the molecule is CC(CNC(=O)CSCc1ccc(C#N)cc1)C(=O)O. The van der Waals surface area contributed by atoms with Crippen LogP contribution in [0.1, 0.15) is 18.1 Å². The molecule has 0 aliphatic heterocycles. The maximum absolute atomic E-state index is 11.5. The lowest BCUT2D eigenvalue weighted by molar-refractivity contribution is -0.141. The van der Waals surface area contributed by atoms with Crippen molar-refractivity contribution < 1.29 is 14.7 Å². The molecule has 1 aromatic rings. The van der Waals surface area contributed by atoms with Crippen LogP contribution in [0, 0.1) is 17.2 Å². The monoisotopic (exact) mass is 292 g/mol. The highest BCUT2D eigenvalue weighted by molar-refractivity contribution is 7.99. The molecule has 0 aliphatic rings. The summed E-state index contributed by atoms with van der Waals surface area (Å²) in [6.45, 7) is 1.69. The molecule has 20 heavy (non-hydrogen) atoms. The number of carboxylic acid groups (broad SMARTS) is 1. The lowest BCUT2D eigenvalue weighted by Gasteiger charge is -2.08. The Labute approximate surface area is 122 Å². The van der Waals surface area contributed by atoms with Crippen LogP contribution in [0.4, 0.5) is 0 Å². The number of hydrogen-bond acceptors (Lipinski definition) is 4. The third kappa shape index (κ3) is 5.76. The van der Waals surface area contributed by atoms with E-state index in [-0.39, 0.29) is 18.2 Å². The van der Waals surface area contributed by atoms with Crippen molar-refractivity contribution in [1.82, 2.24) is 5.32 Å². The first-order valence-corrected chi connectivity index (χ1v) is 7.24. The number of carboxylic acids is 1. The van der Waals surface area contributed by atoms with Gasteiger partial charge in [-0.1, -0.05) is 19.1 Å². The molecule has 106 valence electrons. The minimum atomic E-state index is -0.921. The molecule has 1 amide bonds. The van der Waals surface area contributed by atoms with Crippen molar-refractivity contribution in [2.75, 3.05) is 12.3 Å². The maximum Gasteiger partial charge on any atom is 0.308 e. The molecule has 0 heterocycles. The lowest BCUT2D eigenvalue weighted by atomic mass is 10.2. The Balaban J connectivity index is 2.24. The molecule has 0 saturated heterocycles. The summed E-state index contributed by atoms with van der Waals surface area (Å²) in [6.07, 6.45) is 0. The summed E-state index contributed by atoms with van der Waals surface area (Å²) in [6, 6.07) is 9.24. The maximum atomic E-state index is 11.5. The molecule has 0 bridgehead atoms. The predicted octanol–water partition coefficient (Wildman–Crippen LogP) is 1.63. The lowest BCUT2D eigenvalue weighted by Crippen LogP contribution is -2.32. The second-order valence-corrected chi connectivity index (χ2v) is 5.33. The van der Waals surface area contributed by atoms with Gasteiger partial charge < -0.3 is 10.4 Å². The molecule has 0 radical (unpaired) electrons. The second kappa shape index (κ2) is 8.23. The van der Waals surface area contributed by atoms with Crippen molar-refractivity contribution in [3.05, 3.63) is 35.4 Å². The molecule has 0 aliphatic carbocycles. The first kappa shape index (κ1) is 16.1. The number of nitrogens with zero attached hydrogens (tertiary/aromatic N) is 1. The van der Waals surface area contributed by atoms with Gasteiger partial charge in [-0.05, 0) is 17.7 Å². The fraction of sp³-hybridized carbons (Fsp3) is 0.357. The zero-order chi connectivity index (χ0) is 15.0. The molecule has 0 aromatic heterocycles. The van der Waals surface area contributed by atoms with Gasteiger partial charge in [-0.2, -0.15) is 5.26 Å². The van der Waals surface area contributed by atoms with Gasteiger partial charge in [0.2, 0.25) is 5.91 Å². The van der Waals surface area contributed by atoms with Gasteiger partial charge in [0, 0.05) is 12.3 Å². The highest BCUT2D eigenvalue weighted by Gasteiger charge is 2.11. The van der Waals surface area contributed by atoms with E-state index >= 15 is 0 Å². The minimum Gasteiger partial charge on any atom is -0.481 e. The van der Waals surface area contributed by atoms with Crippen LogP contribution in [0.2, 0.25) is 0 Å². The van der Waals surface area contributed by atoms with E-state index in [0.717, 1.165) is 5.56 Å². The van der Waals surface area contributed by atoms with Gasteiger partial charge in [0.05, 0.1) is 23.3 Å². The highest BCUT2D eigenvalue weighted by atomic mass is 32.2. The Morgan fingerprint density at radius 3 is 2.60 bits per heavy atom. The van der Waals surface area contributed by atoms with Crippen molar-refractivity contribution >= 4 is 23.6 Å². The van der Waals surface area contributed by atoms with Crippen LogP contribution >= 0.6 is 11.8 Å². The van der Waals surface area contributed by atoms with Gasteiger partial charge in [-0.15, -0.1) is 11.8 Å². The molecule has 0 saturated carbocycles. The predicted molar refractivity (Wildman–Crippen MR) is 77.1 cm³/mol. The summed E-state index contributed by atoms with van der Waals surface area (Å²) in [5.41, 5.74) is 1.65. The van der Waals surface area contributed by atoms with Gasteiger partial charge in [-0.3, -0.25) is 9.59 Å². The third-order valence-electron chi connectivity index (χ3n) is 2.61. The quantitative estimate of drug-likeness (QED) is 0.797. The summed E-state index contributed by atoms with van der Waals surface area (Å²) in [5.74, 6) is -0.713. The molecular weight excluding hydrogens is 276 g/mol. The Morgan fingerprint density at radius 1 is 1.40 bits per heavy atom. The average Bonchev–Trinajstić information content (AvgIpc) is 2.45. The summed E-state index contributed by atoms with van der Waals surface area (Å²) in [7, 11) is 0. The number of benzene rings is 1. The van der Waals surface area contributed by atoms with Crippen molar-refractivity contribution in [1.29, 1.82) is 5.26 Å². The molecule has 1 atom stereocenters. The van der Waals surface area contributed by atoms with Crippen LogP contribution < -0.4 is 5.32 Å². The number of rotatable bonds is 7. The van der Waals surface area contributed by atoms with E-state index in [0.29, 0.717) is 11.3 Å². The number of nitrogens with one attached hydrogen (secondary N) is 1. The van der Waals surface area contributed by atoms with E-state index < -0.39 is 11.9 Å². The van der Waals surface area contributed by atoms with E-state index in [1.165, 1.54) is 11.8 Å². The number of thioether (sulfide) groups is 1. The number of amides is 1. The van der Waals surface area contributed by atoms with Gasteiger partial charge in [0.25, 0.3) is 0 Å². The van der Waals surface area contributed by atoms with E-state index in [4.69, 9.17) is 10.4 Å². The third-order valence-corrected chi connectivity index (χ3v) is 3.62. The smallest absolute Gasteiger partial charge is 0.308 e. The Kier molecular flexibility index (Phi) is 6.60. The Morgan fingerprint density at radius 2 is 2.05 bits per heavy atom. The topological polar surface area (TPSA) is 90.2 Å². The van der Waals surface area contributed by atoms with Crippen LogP contribution in [0.3, 0.4) is 0 Å². The number of carbonyl (C=O) groups excluding carboxylic acids is 1. The van der Waals surface area contributed by atoms with E-state index in [2.05, 4.69) is 5.32 Å². The van der Waals surface area contributed by atoms with E-state index in [1.807, 2.05) is 18.2 Å². The Bertz CT molecular complexity index is 508. The summed E-state index contributed by atoms with van der Waals surface area (Å²) in [5, 5.41) is 19.9. The van der Waals surface area contributed by atoms with Crippen molar-refractivity contribution in [2.45, 2.75) is 12.7 Å². The van der Waals surface area contributed by atoms with Crippen LogP contribution in [0.25, 0.3) is 0 Å². The van der Waals surface area contributed by atoms with Gasteiger partial charge in [-0.25, -0.2) is 0 Å². The normalized spacial score (nSPS) is 11.4. The Hall–Kier alpha value is -2.00. The van der Waals surface area contributed by atoms with Crippen LogP contribution in [0.15, 0.2) is 24.3 Å². The minimum absolute atomic E-state index is 0.144. The number of hydrogen-bond donors (Lipinski definition) is 2. The van der Waals surface area contributed by atoms with Crippen LogP contribution in [-0.4, -0.2) is 29.3 Å². The fourth-order valence-electron chi connectivity index (χ4n) is 1.34. The molecule has 0 fully saturated rings. The zero-order valence-electron chi connectivity index (χ0n) is 11.1. The molecule has 6 heteroatoms. The summed E-state index contributed by atoms with van der Waals surface area (Å²) < 4.78 is 0. The van der Waals surface area contributed by atoms with E-state index in [1.54, 1.807) is 19.1 Å². The first-order chi connectivity index (χ1) is 9.52. The summed E-state index contributed by atoms with van der Waals surface area (Å²) in [4.78, 5) is 22.1. The first-order valence-electron chi connectivity index (χ1n) is 6.09. The molecule has 2 N–H and O–H groups in total. The highest BCUT2D eigenvalue weighted by Crippen LogP contribution is 2.12. The van der Waals surface area contributed by atoms with E-state index in [9.17, 15) is 9.59 Å².